The van der Waals surface area contributed by atoms with Gasteiger partial charge >= 0.3 is 6.18 Å². The number of halogens is 3. The number of nitrogens with one attached hydrogen (secondary N) is 2. The third-order valence-electron chi connectivity index (χ3n) is 8.39. The van der Waals surface area contributed by atoms with Crippen molar-refractivity contribution in [1.82, 2.24) is 19.9 Å². The van der Waals surface area contributed by atoms with Crippen LogP contribution in [0, 0.1) is 5.92 Å². The molecule has 2 N–H and O–H groups in total. The fourth-order valence-electron chi connectivity index (χ4n) is 5.49. The molecule has 43 heavy (non-hydrogen) atoms. The van der Waals surface area contributed by atoms with Crippen molar-refractivity contribution >= 4 is 38.0 Å². The van der Waals surface area contributed by atoms with Crippen LogP contribution in [-0.4, -0.2) is 74.8 Å². The van der Waals surface area contributed by atoms with Crippen molar-refractivity contribution in [3.63, 3.8) is 0 Å². The fraction of sp³-hybridized carbons (Fsp3) is 0.533. The largest absolute Gasteiger partial charge is 0.404 e. The van der Waals surface area contributed by atoms with Crippen LogP contribution in [0.3, 0.4) is 0 Å². The van der Waals surface area contributed by atoms with Gasteiger partial charge in [-0.3, -0.25) is 9.69 Å². The zero-order chi connectivity index (χ0) is 31.0. The Hall–Kier alpha value is -2.58. The number of fused-ring (bicyclic) bond motifs is 1. The molecule has 0 radical (unpaired) electrons. The molecule has 2 aromatic carbocycles. The zero-order valence-electron chi connectivity index (χ0n) is 24.5. The van der Waals surface area contributed by atoms with E-state index in [1.54, 1.807) is 35.1 Å². The summed E-state index contributed by atoms with van der Waals surface area (Å²) in [5, 5.41) is 4.23. The topological polar surface area (TPSA) is 101 Å². The van der Waals surface area contributed by atoms with Crippen LogP contribution in [0.2, 0.25) is 0 Å². The predicted molar refractivity (Wildman–Crippen MR) is 161 cm³/mol. The van der Waals surface area contributed by atoms with Gasteiger partial charge in [-0.1, -0.05) is 49.6 Å². The van der Waals surface area contributed by atoms with Crippen molar-refractivity contribution in [3.8, 4) is 10.4 Å². The van der Waals surface area contributed by atoms with Gasteiger partial charge in [0.05, 0.1) is 28.7 Å². The van der Waals surface area contributed by atoms with E-state index in [1.165, 1.54) is 17.4 Å². The number of carbonyl (C=O) groups excluding carboxylic acids is 1. The molecular weight excluding hydrogens is 601 g/mol. The second kappa shape index (κ2) is 12.4. The number of thiazole rings is 1. The van der Waals surface area contributed by atoms with Crippen molar-refractivity contribution in [2.75, 3.05) is 32.8 Å². The van der Waals surface area contributed by atoms with Crippen LogP contribution in [0.1, 0.15) is 55.5 Å². The van der Waals surface area contributed by atoms with Crippen LogP contribution in [0.4, 0.5) is 13.2 Å². The number of morpholine rings is 1. The van der Waals surface area contributed by atoms with Crippen molar-refractivity contribution in [2.45, 2.75) is 69.1 Å². The first-order valence-corrected chi connectivity index (χ1v) is 16.8. The second-order valence-electron chi connectivity index (χ2n) is 11.9. The lowest BCUT2D eigenvalue weighted by Gasteiger charge is -2.40. The van der Waals surface area contributed by atoms with E-state index in [0.717, 1.165) is 49.8 Å². The normalized spacial score (nSPS) is 18.0. The lowest BCUT2D eigenvalue weighted by molar-refractivity contribution is -0.147. The smallest absolute Gasteiger partial charge is 0.379 e. The van der Waals surface area contributed by atoms with Gasteiger partial charge in [0.25, 0.3) is 5.91 Å². The van der Waals surface area contributed by atoms with Gasteiger partial charge in [0.1, 0.15) is 6.04 Å². The molecule has 1 aliphatic heterocycles. The highest BCUT2D eigenvalue weighted by Crippen LogP contribution is 2.40. The molecule has 1 amide bonds. The molecule has 2 fully saturated rings. The van der Waals surface area contributed by atoms with E-state index in [9.17, 15) is 26.4 Å². The maximum Gasteiger partial charge on any atom is 0.404 e. The minimum absolute atomic E-state index is 0.240. The molecule has 2 heterocycles. The number of hydrogen-bond acceptors (Lipinski definition) is 7. The number of hydrogen-bond donors (Lipinski definition) is 2. The molecular formula is C30H37F3N4O4S2. The number of amides is 1. The number of benzene rings is 2. The Labute approximate surface area is 254 Å². The molecule has 13 heteroatoms. The van der Waals surface area contributed by atoms with Crippen LogP contribution < -0.4 is 10.0 Å². The summed E-state index contributed by atoms with van der Waals surface area (Å²) >= 11 is 1.26. The molecule has 1 saturated heterocycles. The fourth-order valence-corrected chi connectivity index (χ4v) is 7.98. The highest BCUT2D eigenvalue weighted by molar-refractivity contribution is 7.89. The van der Waals surface area contributed by atoms with Crippen LogP contribution in [0.15, 0.2) is 41.3 Å². The zero-order valence-corrected chi connectivity index (χ0v) is 26.1. The van der Waals surface area contributed by atoms with Crippen LogP contribution >= 0.6 is 11.3 Å². The van der Waals surface area contributed by atoms with Gasteiger partial charge in [-0.15, -0.1) is 11.3 Å². The minimum Gasteiger partial charge on any atom is -0.379 e. The van der Waals surface area contributed by atoms with E-state index >= 15 is 0 Å². The molecule has 0 bridgehead atoms. The van der Waals surface area contributed by atoms with E-state index in [0.29, 0.717) is 53.4 Å². The maximum atomic E-state index is 13.4. The van der Waals surface area contributed by atoms with Gasteiger partial charge in [0.15, 0.2) is 5.01 Å². The monoisotopic (exact) mass is 638 g/mol. The third-order valence-corrected chi connectivity index (χ3v) is 11.1. The average molecular weight is 639 g/mol. The average Bonchev–Trinajstić information content (AvgIpc) is 3.36. The Balaban J connectivity index is 1.48. The summed E-state index contributed by atoms with van der Waals surface area (Å²) in [7, 11) is -4.49. The Kier molecular flexibility index (Phi) is 9.20. The standard InChI is InChI=1S/C30H37F3N4O4S2/c1-19(30(31,32)33)36-43(39,40)25-12-11-23(21-9-4-5-10-22(21)25)26-24(17-20-7-6-8-20)35-28(42-26)27(38)34-18-29(2,3)37-13-15-41-16-14-37/h4-5,9-12,19-20,36H,6-8,13-18H2,1-3H3,(H,34,38)/t19-/m0/s1. The number of nitrogens with zero attached hydrogens (tertiary/aromatic N) is 2. The number of ether oxygens (including phenoxy) is 1. The summed E-state index contributed by atoms with van der Waals surface area (Å²) in [6.45, 7) is 8.26. The SMILES string of the molecule is C[C@H](NS(=O)(=O)c1ccc(-c2sc(C(=O)NCC(C)(C)N3CCOCC3)nc2CC2CCC2)c2ccccc12)C(F)(F)F. The van der Waals surface area contributed by atoms with Crippen molar-refractivity contribution in [1.29, 1.82) is 0 Å². The van der Waals surface area contributed by atoms with Gasteiger partial charge in [0.2, 0.25) is 10.0 Å². The molecule has 5 rings (SSSR count). The Morgan fingerprint density at radius 2 is 1.79 bits per heavy atom. The summed E-state index contributed by atoms with van der Waals surface area (Å²) in [6, 6.07) is 7.42. The van der Waals surface area contributed by atoms with Crippen LogP contribution in [0.5, 0.6) is 0 Å². The first-order chi connectivity index (χ1) is 20.3. The van der Waals surface area contributed by atoms with Crippen molar-refractivity contribution in [2.24, 2.45) is 5.92 Å². The number of alkyl halides is 3. The minimum atomic E-state index is -4.73. The van der Waals surface area contributed by atoms with E-state index < -0.39 is 22.2 Å². The molecule has 8 nitrogen and oxygen atoms in total. The molecule has 1 atom stereocenters. The first kappa shape index (κ1) is 31.8. The lowest BCUT2D eigenvalue weighted by atomic mass is 9.81. The van der Waals surface area contributed by atoms with Gasteiger partial charge in [-0.2, -0.15) is 17.9 Å². The van der Waals surface area contributed by atoms with E-state index in [1.807, 2.05) is 0 Å². The van der Waals surface area contributed by atoms with Gasteiger partial charge in [0, 0.05) is 36.1 Å². The quantitative estimate of drug-likeness (QED) is 0.310. The molecule has 2 aliphatic rings. The van der Waals surface area contributed by atoms with Crippen LogP contribution in [-0.2, 0) is 21.2 Å². The molecule has 1 aromatic heterocycles. The number of sulfonamides is 1. The first-order valence-electron chi connectivity index (χ1n) is 14.5. The predicted octanol–water partition coefficient (Wildman–Crippen LogP) is 5.38. The summed E-state index contributed by atoms with van der Waals surface area (Å²) < 4.78 is 73.0. The summed E-state index contributed by atoms with van der Waals surface area (Å²) in [5.74, 6) is 0.178. The second-order valence-corrected chi connectivity index (χ2v) is 14.6. The van der Waals surface area contributed by atoms with E-state index in [-0.39, 0.29) is 16.3 Å². The number of aromatic nitrogens is 1. The van der Waals surface area contributed by atoms with Gasteiger partial charge in [-0.25, -0.2) is 13.4 Å². The van der Waals surface area contributed by atoms with Gasteiger partial charge < -0.3 is 10.1 Å². The lowest BCUT2D eigenvalue weighted by Crippen LogP contribution is -2.55. The molecule has 3 aromatic rings. The summed E-state index contributed by atoms with van der Waals surface area (Å²) in [5.41, 5.74) is 1.19. The highest BCUT2D eigenvalue weighted by atomic mass is 32.2. The number of rotatable bonds is 10. The van der Waals surface area contributed by atoms with Gasteiger partial charge in [-0.05, 0) is 44.6 Å². The highest BCUT2D eigenvalue weighted by Gasteiger charge is 2.39. The molecule has 1 saturated carbocycles. The third kappa shape index (κ3) is 7.06. The van der Waals surface area contributed by atoms with E-state index in [2.05, 4.69) is 24.1 Å². The van der Waals surface area contributed by atoms with E-state index in [4.69, 9.17) is 9.72 Å². The number of carbonyl (C=O) groups is 1. The molecule has 0 spiro atoms. The Morgan fingerprint density at radius 3 is 2.42 bits per heavy atom. The molecule has 1 aliphatic carbocycles. The Morgan fingerprint density at radius 1 is 1.12 bits per heavy atom. The summed E-state index contributed by atoms with van der Waals surface area (Å²) in [4.78, 5) is 21.0. The molecule has 0 unspecified atom stereocenters. The Bertz CT molecular complexity index is 1580. The van der Waals surface area contributed by atoms with Crippen molar-refractivity contribution in [3.05, 3.63) is 47.1 Å². The van der Waals surface area contributed by atoms with Crippen molar-refractivity contribution < 1.29 is 31.1 Å². The summed E-state index contributed by atoms with van der Waals surface area (Å²) in [6.07, 6.45) is -0.735. The maximum absolute atomic E-state index is 13.4. The molecule has 234 valence electrons. The van der Waals surface area contributed by atoms with Crippen LogP contribution in [0.25, 0.3) is 21.2 Å².